The summed E-state index contributed by atoms with van der Waals surface area (Å²) in [7, 11) is 0. The van der Waals surface area contributed by atoms with Crippen molar-refractivity contribution in [2.75, 3.05) is 11.9 Å². The molecule has 1 amide bonds. The van der Waals surface area contributed by atoms with Gasteiger partial charge in [0, 0.05) is 22.7 Å². The van der Waals surface area contributed by atoms with E-state index in [2.05, 4.69) is 10.4 Å². The number of nitrogens with zero attached hydrogens (tertiary/aromatic N) is 2. The van der Waals surface area contributed by atoms with Gasteiger partial charge in [-0.15, -0.1) is 11.3 Å². The number of halogens is 1. The molecular formula is C17H14ClN3O4S. The van der Waals surface area contributed by atoms with Crippen molar-refractivity contribution in [2.45, 2.75) is 13.8 Å². The minimum Gasteiger partial charge on any atom is -0.461 e. The Morgan fingerprint density at radius 2 is 2.00 bits per heavy atom. The van der Waals surface area contributed by atoms with Crippen molar-refractivity contribution in [1.29, 1.82) is 0 Å². The van der Waals surface area contributed by atoms with E-state index < -0.39 is 11.5 Å². The number of thiophene rings is 1. The normalized spacial score (nSPS) is 10.7. The van der Waals surface area contributed by atoms with Gasteiger partial charge in [-0.05, 0) is 31.2 Å². The lowest BCUT2D eigenvalue weighted by atomic mass is 10.2. The number of benzene rings is 1. The lowest BCUT2D eigenvalue weighted by Crippen LogP contribution is -2.25. The molecule has 0 saturated carbocycles. The minimum absolute atomic E-state index is 0.00394. The smallest absolute Gasteiger partial charge is 0.359 e. The maximum Gasteiger partial charge on any atom is 0.359 e. The largest absolute Gasteiger partial charge is 0.461 e. The quantitative estimate of drug-likeness (QED) is 0.689. The van der Waals surface area contributed by atoms with Crippen LogP contribution in [0.5, 0.6) is 0 Å². The van der Waals surface area contributed by atoms with E-state index in [0.29, 0.717) is 21.1 Å². The third-order valence-corrected chi connectivity index (χ3v) is 4.63. The monoisotopic (exact) mass is 391 g/mol. The number of amides is 1. The van der Waals surface area contributed by atoms with E-state index in [4.69, 9.17) is 16.3 Å². The van der Waals surface area contributed by atoms with Crippen molar-refractivity contribution < 1.29 is 14.3 Å². The Bertz CT molecular complexity index is 1060. The third kappa shape index (κ3) is 3.33. The zero-order valence-electron chi connectivity index (χ0n) is 13.9. The summed E-state index contributed by atoms with van der Waals surface area (Å²) in [6.45, 7) is 3.20. The summed E-state index contributed by atoms with van der Waals surface area (Å²) in [5, 5.41) is 9.82. The Morgan fingerprint density at radius 3 is 2.62 bits per heavy atom. The number of carbonyl (C=O) groups is 2. The summed E-state index contributed by atoms with van der Waals surface area (Å²) in [6, 6.07) is 6.45. The molecule has 0 bridgehead atoms. The summed E-state index contributed by atoms with van der Waals surface area (Å²) in [6.07, 6.45) is 0. The molecule has 26 heavy (non-hydrogen) atoms. The maximum absolute atomic E-state index is 13.0. The molecular weight excluding hydrogens is 378 g/mol. The molecule has 0 spiro atoms. The fraction of sp³-hybridized carbons (Fsp3) is 0.176. The van der Waals surface area contributed by atoms with Gasteiger partial charge in [0.25, 0.3) is 5.56 Å². The van der Waals surface area contributed by atoms with Crippen molar-refractivity contribution >= 4 is 50.6 Å². The Kier molecular flexibility index (Phi) is 5.06. The number of ether oxygens (including phenoxy) is 1. The van der Waals surface area contributed by atoms with E-state index in [1.807, 2.05) is 0 Å². The predicted octanol–water partition coefficient (Wildman–Crippen LogP) is 3.24. The minimum atomic E-state index is -0.646. The van der Waals surface area contributed by atoms with Crippen LogP contribution in [0.15, 0.2) is 34.4 Å². The van der Waals surface area contributed by atoms with Crippen LogP contribution in [0.4, 0.5) is 5.00 Å². The number of esters is 1. The third-order valence-electron chi connectivity index (χ3n) is 3.48. The highest BCUT2D eigenvalue weighted by Gasteiger charge is 2.22. The van der Waals surface area contributed by atoms with Crippen LogP contribution >= 0.6 is 22.9 Å². The molecule has 2 heterocycles. The molecule has 0 radical (unpaired) electrons. The average Bonchev–Trinajstić information content (AvgIpc) is 3.00. The SMILES string of the molecule is CCOC(=O)c1nn(-c2ccc(Cl)cc2)c(=O)c2c(NC(C)=O)scc12. The van der Waals surface area contributed by atoms with Crippen molar-refractivity contribution in [2.24, 2.45) is 0 Å². The van der Waals surface area contributed by atoms with E-state index in [1.54, 1.807) is 36.6 Å². The molecule has 0 saturated heterocycles. The van der Waals surface area contributed by atoms with Gasteiger partial charge >= 0.3 is 5.97 Å². The highest BCUT2D eigenvalue weighted by molar-refractivity contribution is 7.16. The van der Waals surface area contributed by atoms with Gasteiger partial charge < -0.3 is 10.1 Å². The van der Waals surface area contributed by atoms with E-state index in [9.17, 15) is 14.4 Å². The number of hydrogen-bond acceptors (Lipinski definition) is 6. The van der Waals surface area contributed by atoms with Crippen LogP contribution in [-0.4, -0.2) is 28.3 Å². The van der Waals surface area contributed by atoms with E-state index >= 15 is 0 Å². The fourth-order valence-corrected chi connectivity index (χ4v) is 3.52. The summed E-state index contributed by atoms with van der Waals surface area (Å²) >= 11 is 7.04. The highest BCUT2D eigenvalue weighted by atomic mass is 35.5. The standard InChI is InChI=1S/C17H14ClN3O4S/c1-3-25-17(24)14-12-8-26-15(19-9(2)22)13(12)16(23)21(20-14)11-6-4-10(18)5-7-11/h4-8H,3H2,1-2H3,(H,19,22). The van der Waals surface area contributed by atoms with Crippen LogP contribution in [-0.2, 0) is 9.53 Å². The first-order chi connectivity index (χ1) is 12.4. The Balaban J connectivity index is 2.32. The van der Waals surface area contributed by atoms with Crippen molar-refractivity contribution in [3.8, 4) is 5.69 Å². The molecule has 0 atom stereocenters. The molecule has 0 aliphatic carbocycles. The van der Waals surface area contributed by atoms with Crippen molar-refractivity contribution in [3.63, 3.8) is 0 Å². The van der Waals surface area contributed by atoms with Crippen LogP contribution in [0.1, 0.15) is 24.3 Å². The van der Waals surface area contributed by atoms with Crippen LogP contribution in [0, 0.1) is 0 Å². The van der Waals surface area contributed by atoms with Crippen molar-refractivity contribution in [1.82, 2.24) is 9.78 Å². The summed E-state index contributed by atoms with van der Waals surface area (Å²) < 4.78 is 6.16. The molecule has 3 aromatic rings. The summed E-state index contributed by atoms with van der Waals surface area (Å²) in [5.41, 5.74) is -0.0172. The number of carbonyl (C=O) groups excluding carboxylic acids is 2. The van der Waals surface area contributed by atoms with Gasteiger partial charge in [0.15, 0.2) is 5.69 Å². The topological polar surface area (TPSA) is 90.3 Å². The molecule has 0 fully saturated rings. The number of rotatable bonds is 4. The number of fused-ring (bicyclic) bond motifs is 1. The molecule has 1 aromatic carbocycles. The van der Waals surface area contributed by atoms with Gasteiger partial charge in [-0.1, -0.05) is 11.6 Å². The van der Waals surface area contributed by atoms with Crippen LogP contribution in [0.2, 0.25) is 5.02 Å². The van der Waals surface area contributed by atoms with Crippen molar-refractivity contribution in [3.05, 3.63) is 50.7 Å². The second kappa shape index (κ2) is 7.27. The fourth-order valence-electron chi connectivity index (χ4n) is 2.41. The van der Waals surface area contributed by atoms with Crippen LogP contribution < -0.4 is 10.9 Å². The Hall–Kier alpha value is -2.71. The molecule has 0 aliphatic heterocycles. The first-order valence-electron chi connectivity index (χ1n) is 7.67. The van der Waals surface area contributed by atoms with E-state index in [0.717, 1.165) is 16.0 Å². The molecule has 2 aromatic heterocycles. The number of hydrogen-bond donors (Lipinski definition) is 1. The lowest BCUT2D eigenvalue weighted by molar-refractivity contribution is -0.114. The number of aromatic nitrogens is 2. The second-order valence-electron chi connectivity index (χ2n) is 5.30. The number of anilines is 1. The molecule has 1 N–H and O–H groups in total. The molecule has 134 valence electrons. The first kappa shape index (κ1) is 18.1. The van der Waals surface area contributed by atoms with Gasteiger partial charge in [-0.3, -0.25) is 9.59 Å². The zero-order chi connectivity index (χ0) is 18.8. The summed E-state index contributed by atoms with van der Waals surface area (Å²) in [4.78, 5) is 36.8. The second-order valence-corrected chi connectivity index (χ2v) is 6.61. The van der Waals surface area contributed by atoms with Gasteiger partial charge in [0.05, 0.1) is 17.7 Å². The van der Waals surface area contributed by atoms with Crippen LogP contribution in [0.3, 0.4) is 0 Å². The predicted molar refractivity (Wildman–Crippen MR) is 100 cm³/mol. The lowest BCUT2D eigenvalue weighted by Gasteiger charge is -2.09. The van der Waals surface area contributed by atoms with Gasteiger partial charge in [-0.25, -0.2) is 4.79 Å². The number of nitrogens with one attached hydrogen (secondary N) is 1. The summed E-state index contributed by atoms with van der Waals surface area (Å²) in [5.74, 6) is -0.965. The highest BCUT2D eigenvalue weighted by Crippen LogP contribution is 2.30. The van der Waals surface area contributed by atoms with E-state index in [-0.39, 0.29) is 23.6 Å². The molecule has 9 heteroatoms. The molecule has 7 nitrogen and oxygen atoms in total. The molecule has 3 rings (SSSR count). The van der Waals surface area contributed by atoms with Gasteiger partial charge in [0.2, 0.25) is 5.91 Å². The first-order valence-corrected chi connectivity index (χ1v) is 8.93. The molecule has 0 unspecified atom stereocenters. The Labute approximate surface area is 157 Å². The molecule has 0 aliphatic rings. The van der Waals surface area contributed by atoms with E-state index in [1.165, 1.54) is 6.92 Å². The van der Waals surface area contributed by atoms with Crippen LogP contribution in [0.25, 0.3) is 16.5 Å². The van der Waals surface area contributed by atoms with Gasteiger partial charge in [0.1, 0.15) is 5.00 Å². The Morgan fingerprint density at radius 1 is 1.31 bits per heavy atom. The maximum atomic E-state index is 13.0. The van der Waals surface area contributed by atoms with Gasteiger partial charge in [-0.2, -0.15) is 9.78 Å². The zero-order valence-corrected chi connectivity index (χ0v) is 15.5. The average molecular weight is 392 g/mol.